The van der Waals surface area contributed by atoms with Crippen molar-refractivity contribution >= 4 is 12.2 Å². The van der Waals surface area contributed by atoms with E-state index in [0.717, 1.165) is 25.8 Å². The number of likely N-dealkylation sites (tertiary alicyclic amines) is 1. The van der Waals surface area contributed by atoms with Gasteiger partial charge in [0, 0.05) is 12.6 Å². The zero-order chi connectivity index (χ0) is 19.0. The van der Waals surface area contributed by atoms with Crippen LogP contribution in [0.4, 0.5) is 4.79 Å². The fraction of sp³-hybridized carbons (Fsp3) is 0.600. The second-order valence-electron chi connectivity index (χ2n) is 7.43. The number of ether oxygens (including phenoxy) is 1. The van der Waals surface area contributed by atoms with Crippen LogP contribution in [0.5, 0.6) is 0 Å². The maximum Gasteiger partial charge on any atom is 0.410 e. The van der Waals surface area contributed by atoms with Gasteiger partial charge in [-0.3, -0.25) is 0 Å². The fourth-order valence-electron chi connectivity index (χ4n) is 3.13. The van der Waals surface area contributed by atoms with E-state index in [-0.39, 0.29) is 18.3 Å². The fourth-order valence-corrected chi connectivity index (χ4v) is 3.13. The number of rotatable bonds is 2. The van der Waals surface area contributed by atoms with E-state index in [1.165, 1.54) is 11.1 Å². The molecule has 0 saturated carbocycles. The number of carbonyl (C=O) groups excluding carboxylic acids is 3. The summed E-state index contributed by atoms with van der Waals surface area (Å²) in [6, 6.07) is 9.10. The molecule has 1 fully saturated rings. The molecule has 2 unspecified atom stereocenters. The van der Waals surface area contributed by atoms with E-state index in [9.17, 15) is 4.79 Å². The van der Waals surface area contributed by atoms with Gasteiger partial charge in [-0.2, -0.15) is 9.59 Å². The first kappa shape index (κ1) is 20.9. The molecule has 0 aliphatic carbocycles. The van der Waals surface area contributed by atoms with E-state index in [1.54, 1.807) is 0 Å². The topological polar surface area (TPSA) is 63.7 Å². The number of aryl methyl sites for hydroxylation is 1. The van der Waals surface area contributed by atoms with Crippen molar-refractivity contribution in [2.75, 3.05) is 6.54 Å². The SMILES string of the molecule is CCc1cccc(C2CCN(C(=O)OC(C)(C)C)C(C)C2)c1.O=C=O. The van der Waals surface area contributed by atoms with Gasteiger partial charge in [0.2, 0.25) is 0 Å². The molecular weight excluding hydrogens is 318 g/mol. The van der Waals surface area contributed by atoms with E-state index in [4.69, 9.17) is 14.3 Å². The minimum absolute atomic E-state index is 0.180. The van der Waals surface area contributed by atoms with Gasteiger partial charge in [0.1, 0.15) is 5.60 Å². The molecule has 2 rings (SSSR count). The molecule has 0 bridgehead atoms. The number of amides is 1. The van der Waals surface area contributed by atoms with Crippen LogP contribution in [0.1, 0.15) is 64.5 Å². The Balaban J connectivity index is 0.000000970. The number of carbonyl (C=O) groups is 1. The molecule has 1 aliphatic rings. The van der Waals surface area contributed by atoms with Crippen molar-refractivity contribution in [2.24, 2.45) is 0 Å². The number of nitrogens with zero attached hydrogens (tertiary/aromatic N) is 1. The lowest BCUT2D eigenvalue weighted by Crippen LogP contribution is -2.46. The lowest BCUT2D eigenvalue weighted by Gasteiger charge is -2.38. The van der Waals surface area contributed by atoms with Crippen LogP contribution < -0.4 is 0 Å². The largest absolute Gasteiger partial charge is 0.444 e. The van der Waals surface area contributed by atoms with Gasteiger partial charge in [-0.25, -0.2) is 4.79 Å². The third kappa shape index (κ3) is 6.71. The van der Waals surface area contributed by atoms with E-state index >= 15 is 0 Å². The Hall–Kier alpha value is -2.13. The van der Waals surface area contributed by atoms with Crippen LogP contribution in [0.3, 0.4) is 0 Å². The Morgan fingerprint density at radius 3 is 2.48 bits per heavy atom. The highest BCUT2D eigenvalue weighted by molar-refractivity contribution is 5.68. The highest BCUT2D eigenvalue weighted by Crippen LogP contribution is 2.32. The van der Waals surface area contributed by atoms with Gasteiger partial charge in [0.25, 0.3) is 0 Å². The standard InChI is InChI=1S/C19H29NO2.CO2/c1-6-15-8-7-9-16(13-15)17-10-11-20(14(2)12-17)18(21)22-19(3,4)5;2-1-3/h7-9,13-14,17H,6,10-12H2,1-5H3;. The quantitative estimate of drug-likeness (QED) is 0.805. The Morgan fingerprint density at radius 1 is 1.32 bits per heavy atom. The summed E-state index contributed by atoms with van der Waals surface area (Å²) in [7, 11) is 0. The van der Waals surface area contributed by atoms with Crippen molar-refractivity contribution in [3.05, 3.63) is 35.4 Å². The van der Waals surface area contributed by atoms with Crippen molar-refractivity contribution in [3.8, 4) is 0 Å². The minimum atomic E-state index is -0.427. The number of benzene rings is 1. The zero-order valence-corrected chi connectivity index (χ0v) is 15.9. The molecule has 2 atom stereocenters. The van der Waals surface area contributed by atoms with Crippen molar-refractivity contribution in [3.63, 3.8) is 0 Å². The second-order valence-corrected chi connectivity index (χ2v) is 7.43. The third-order valence-corrected chi connectivity index (χ3v) is 4.33. The van der Waals surface area contributed by atoms with Gasteiger partial charge in [0.15, 0.2) is 0 Å². The molecule has 0 N–H and O–H groups in total. The molecule has 0 spiro atoms. The molecule has 5 heteroatoms. The normalized spacial score (nSPS) is 20.1. The van der Waals surface area contributed by atoms with E-state index in [0.29, 0.717) is 5.92 Å². The van der Waals surface area contributed by atoms with Gasteiger partial charge < -0.3 is 9.64 Å². The van der Waals surface area contributed by atoms with Gasteiger partial charge in [0.05, 0.1) is 0 Å². The number of piperidine rings is 1. The average molecular weight is 347 g/mol. The Bertz CT molecular complexity index is 600. The molecule has 0 radical (unpaired) electrons. The van der Waals surface area contributed by atoms with Crippen LogP contribution in [0.25, 0.3) is 0 Å². The van der Waals surface area contributed by atoms with Crippen LogP contribution in [-0.4, -0.2) is 35.3 Å². The first-order valence-corrected chi connectivity index (χ1v) is 8.79. The predicted octanol–water partition coefficient (Wildman–Crippen LogP) is 4.17. The molecule has 5 nitrogen and oxygen atoms in total. The summed E-state index contributed by atoms with van der Waals surface area (Å²) in [4.78, 5) is 30.4. The summed E-state index contributed by atoms with van der Waals surface area (Å²) in [5, 5.41) is 0. The Kier molecular flexibility index (Phi) is 7.85. The third-order valence-electron chi connectivity index (χ3n) is 4.33. The molecule has 1 saturated heterocycles. The highest BCUT2D eigenvalue weighted by atomic mass is 16.6. The Morgan fingerprint density at radius 2 is 1.96 bits per heavy atom. The van der Waals surface area contributed by atoms with Crippen LogP contribution >= 0.6 is 0 Å². The molecule has 138 valence electrons. The maximum atomic E-state index is 12.3. The van der Waals surface area contributed by atoms with Crippen molar-refractivity contribution in [1.29, 1.82) is 0 Å². The number of hydrogen-bond acceptors (Lipinski definition) is 4. The molecule has 1 aliphatic heterocycles. The lowest BCUT2D eigenvalue weighted by molar-refractivity contribution is -0.191. The molecular formula is C20H29NO4. The minimum Gasteiger partial charge on any atom is -0.444 e. The first-order chi connectivity index (χ1) is 11.7. The molecule has 1 aromatic carbocycles. The van der Waals surface area contributed by atoms with Crippen LogP contribution in [-0.2, 0) is 20.7 Å². The van der Waals surface area contributed by atoms with Crippen molar-refractivity contribution in [2.45, 2.75) is 71.4 Å². The van der Waals surface area contributed by atoms with Gasteiger partial charge in [-0.1, -0.05) is 31.2 Å². The lowest BCUT2D eigenvalue weighted by atomic mass is 9.85. The summed E-state index contributed by atoms with van der Waals surface area (Å²) < 4.78 is 5.51. The van der Waals surface area contributed by atoms with Crippen LogP contribution in [0.15, 0.2) is 24.3 Å². The first-order valence-electron chi connectivity index (χ1n) is 8.79. The Labute approximate surface area is 150 Å². The molecule has 1 heterocycles. The van der Waals surface area contributed by atoms with Crippen molar-refractivity contribution < 1.29 is 19.1 Å². The van der Waals surface area contributed by atoms with Crippen LogP contribution in [0.2, 0.25) is 0 Å². The summed E-state index contributed by atoms with van der Waals surface area (Å²) in [6.07, 6.45) is 3.16. The molecule has 1 amide bonds. The van der Waals surface area contributed by atoms with Gasteiger partial charge in [-0.15, -0.1) is 0 Å². The summed E-state index contributed by atoms with van der Waals surface area (Å²) in [5.74, 6) is 0.542. The van der Waals surface area contributed by atoms with Gasteiger partial charge >= 0.3 is 12.2 Å². The smallest absolute Gasteiger partial charge is 0.410 e. The maximum absolute atomic E-state index is 12.3. The van der Waals surface area contributed by atoms with Crippen molar-refractivity contribution in [1.82, 2.24) is 4.90 Å². The number of hydrogen-bond donors (Lipinski definition) is 0. The summed E-state index contributed by atoms with van der Waals surface area (Å²) in [5.41, 5.74) is 2.37. The van der Waals surface area contributed by atoms with E-state index in [1.807, 2.05) is 25.7 Å². The molecule has 25 heavy (non-hydrogen) atoms. The molecule has 0 aromatic heterocycles. The van der Waals surface area contributed by atoms with E-state index < -0.39 is 5.60 Å². The average Bonchev–Trinajstić information content (AvgIpc) is 2.54. The van der Waals surface area contributed by atoms with Crippen LogP contribution in [0, 0.1) is 0 Å². The van der Waals surface area contributed by atoms with Gasteiger partial charge in [-0.05, 0) is 64.0 Å². The van der Waals surface area contributed by atoms with E-state index in [2.05, 4.69) is 38.1 Å². The highest BCUT2D eigenvalue weighted by Gasteiger charge is 2.32. The monoisotopic (exact) mass is 347 g/mol. The predicted molar refractivity (Wildman–Crippen MR) is 95.2 cm³/mol. The second kappa shape index (κ2) is 9.38. The zero-order valence-electron chi connectivity index (χ0n) is 15.9. The summed E-state index contributed by atoms with van der Waals surface area (Å²) >= 11 is 0. The summed E-state index contributed by atoms with van der Waals surface area (Å²) in [6.45, 7) is 10.8. The molecule has 1 aromatic rings.